The molecule has 0 unspecified atom stereocenters. The molecule has 2 heterocycles. The fraction of sp³-hybridized carbons (Fsp3) is 0.656. The second kappa shape index (κ2) is 12.4. The molecule has 0 aromatic heterocycles. The molecule has 2 aliphatic heterocycles. The lowest BCUT2D eigenvalue weighted by Gasteiger charge is -2.49. The van der Waals surface area contributed by atoms with E-state index in [9.17, 15) is 24.0 Å². The minimum atomic E-state index is -1.10. The van der Waals surface area contributed by atoms with Gasteiger partial charge in [-0.2, -0.15) is 0 Å². The van der Waals surface area contributed by atoms with Gasteiger partial charge >= 0.3 is 0 Å². The van der Waals surface area contributed by atoms with Crippen LogP contribution in [-0.4, -0.2) is 65.5 Å². The molecule has 5 rings (SSSR count). The number of nitrogens with one attached hydrogen (secondary N) is 2. The number of hydrogen-bond donors (Lipinski definition) is 2. The number of hydrogen-bond acceptors (Lipinski definition) is 6. The SMILES string of the molecule is CC(C)(C)NC(=O)C(=O)[C@H](C[C@@H]1CCNC1=O)C1(C(=O)[C@@H]2[C@H]3CCC[C@H]3CN2C(=O)COc2ccc(Cl)cc2Cl)CCC1. The highest BCUT2D eigenvalue weighted by Gasteiger charge is 2.61. The molecular weight excluding hydrogens is 593 g/mol. The maximum absolute atomic E-state index is 14.8. The van der Waals surface area contributed by atoms with Crippen molar-refractivity contribution in [3.8, 4) is 5.75 Å². The monoisotopic (exact) mass is 633 g/mol. The molecule has 2 saturated carbocycles. The first-order valence-corrected chi connectivity index (χ1v) is 16.1. The van der Waals surface area contributed by atoms with Gasteiger partial charge in [0.05, 0.1) is 11.1 Å². The molecule has 0 spiro atoms. The molecule has 3 amide bonds. The molecule has 43 heavy (non-hydrogen) atoms. The summed E-state index contributed by atoms with van der Waals surface area (Å²) >= 11 is 12.2. The van der Waals surface area contributed by atoms with Gasteiger partial charge in [-0.15, -0.1) is 0 Å². The summed E-state index contributed by atoms with van der Waals surface area (Å²) in [5.41, 5.74) is -1.74. The highest BCUT2D eigenvalue weighted by molar-refractivity contribution is 6.38. The van der Waals surface area contributed by atoms with E-state index in [2.05, 4.69) is 10.6 Å². The molecule has 4 aliphatic rings. The maximum atomic E-state index is 14.8. The number of ether oxygens (including phenoxy) is 1. The van der Waals surface area contributed by atoms with Crippen LogP contribution < -0.4 is 15.4 Å². The van der Waals surface area contributed by atoms with Crippen molar-refractivity contribution in [3.05, 3.63) is 28.2 Å². The molecular formula is C32H41Cl2N3O6. The van der Waals surface area contributed by atoms with Crippen molar-refractivity contribution in [3.63, 3.8) is 0 Å². The molecule has 1 aromatic carbocycles. The number of amides is 3. The van der Waals surface area contributed by atoms with E-state index in [1.54, 1.807) is 37.8 Å². The molecule has 11 heteroatoms. The third-order valence-electron chi connectivity index (χ3n) is 9.84. The number of fused-ring (bicyclic) bond motifs is 1. The number of carbonyl (C=O) groups is 5. The van der Waals surface area contributed by atoms with Gasteiger partial charge in [0.15, 0.2) is 12.4 Å². The summed E-state index contributed by atoms with van der Waals surface area (Å²) in [6.45, 7) is 6.04. The zero-order chi connectivity index (χ0) is 31.1. The van der Waals surface area contributed by atoms with Crippen molar-refractivity contribution >= 4 is 52.5 Å². The molecule has 0 radical (unpaired) electrons. The Bertz CT molecular complexity index is 1310. The van der Waals surface area contributed by atoms with E-state index >= 15 is 0 Å². The van der Waals surface area contributed by atoms with Crippen LogP contribution >= 0.6 is 23.2 Å². The van der Waals surface area contributed by atoms with Crippen molar-refractivity contribution in [1.82, 2.24) is 15.5 Å². The van der Waals surface area contributed by atoms with E-state index in [1.807, 2.05) is 0 Å². The summed E-state index contributed by atoms with van der Waals surface area (Å²) in [6.07, 6.45) is 5.05. The highest BCUT2D eigenvalue weighted by atomic mass is 35.5. The summed E-state index contributed by atoms with van der Waals surface area (Å²) in [5.74, 6) is -2.89. The summed E-state index contributed by atoms with van der Waals surface area (Å²) in [4.78, 5) is 69.9. The van der Waals surface area contributed by atoms with Gasteiger partial charge < -0.3 is 20.3 Å². The normalized spacial score (nSPS) is 26.7. The summed E-state index contributed by atoms with van der Waals surface area (Å²) in [6, 6.07) is 4.05. The lowest BCUT2D eigenvalue weighted by atomic mass is 9.54. The lowest BCUT2D eigenvalue weighted by Crippen LogP contribution is -2.59. The average Bonchev–Trinajstić information content (AvgIpc) is 3.61. The zero-order valence-corrected chi connectivity index (χ0v) is 26.6. The van der Waals surface area contributed by atoms with E-state index in [4.69, 9.17) is 27.9 Å². The maximum Gasteiger partial charge on any atom is 0.288 e. The van der Waals surface area contributed by atoms with Crippen LogP contribution in [0, 0.1) is 29.1 Å². The third kappa shape index (κ3) is 6.44. The second-order valence-corrected chi connectivity index (χ2v) is 14.6. The minimum absolute atomic E-state index is 0.0121. The number of benzene rings is 1. The number of nitrogens with zero attached hydrogens (tertiary/aromatic N) is 1. The van der Waals surface area contributed by atoms with Gasteiger partial charge in [-0.05, 0) is 89.3 Å². The van der Waals surface area contributed by atoms with Gasteiger partial charge in [0.2, 0.25) is 11.7 Å². The fourth-order valence-corrected chi connectivity index (χ4v) is 8.09. The topological polar surface area (TPSA) is 122 Å². The van der Waals surface area contributed by atoms with Crippen LogP contribution in [0.25, 0.3) is 0 Å². The van der Waals surface area contributed by atoms with Crippen LogP contribution in [0.2, 0.25) is 10.0 Å². The van der Waals surface area contributed by atoms with Gasteiger partial charge in [0, 0.05) is 40.9 Å². The first-order chi connectivity index (χ1) is 20.3. The molecule has 0 bridgehead atoms. The van der Waals surface area contributed by atoms with Gasteiger partial charge in [0.25, 0.3) is 11.8 Å². The predicted octanol–water partition coefficient (Wildman–Crippen LogP) is 4.36. The Hall–Kier alpha value is -2.65. The molecule has 2 N–H and O–H groups in total. The number of rotatable bonds is 10. The molecule has 2 aliphatic carbocycles. The summed E-state index contributed by atoms with van der Waals surface area (Å²) < 4.78 is 5.76. The highest BCUT2D eigenvalue weighted by Crippen LogP contribution is 2.55. The first-order valence-electron chi connectivity index (χ1n) is 15.4. The van der Waals surface area contributed by atoms with Crippen molar-refractivity contribution < 1.29 is 28.7 Å². The first kappa shape index (κ1) is 31.8. The van der Waals surface area contributed by atoms with Crippen molar-refractivity contribution in [2.45, 2.75) is 83.7 Å². The van der Waals surface area contributed by atoms with Crippen LogP contribution in [0.1, 0.15) is 72.1 Å². The van der Waals surface area contributed by atoms with Crippen molar-refractivity contribution in [2.24, 2.45) is 29.1 Å². The molecule has 5 atom stereocenters. The third-order valence-corrected chi connectivity index (χ3v) is 10.4. The molecule has 4 fully saturated rings. The van der Waals surface area contributed by atoms with Crippen molar-refractivity contribution in [1.29, 1.82) is 0 Å². The van der Waals surface area contributed by atoms with Gasteiger partial charge in [0.1, 0.15) is 5.75 Å². The van der Waals surface area contributed by atoms with Crippen molar-refractivity contribution in [2.75, 3.05) is 19.7 Å². The minimum Gasteiger partial charge on any atom is -0.482 e. The number of likely N-dealkylation sites (tertiary alicyclic amines) is 1. The molecule has 234 valence electrons. The molecule has 2 saturated heterocycles. The average molecular weight is 635 g/mol. The summed E-state index contributed by atoms with van der Waals surface area (Å²) in [5, 5.41) is 6.32. The predicted molar refractivity (Wildman–Crippen MR) is 162 cm³/mol. The Morgan fingerprint density at radius 1 is 1.12 bits per heavy atom. The molecule has 1 aromatic rings. The quantitative estimate of drug-likeness (QED) is 0.369. The number of ketones is 2. The van der Waals surface area contributed by atoms with Crippen LogP contribution in [-0.2, 0) is 24.0 Å². The van der Waals surface area contributed by atoms with E-state index in [0.29, 0.717) is 43.1 Å². The summed E-state index contributed by atoms with van der Waals surface area (Å²) in [7, 11) is 0. The van der Waals surface area contributed by atoms with E-state index < -0.39 is 40.5 Å². The Morgan fingerprint density at radius 3 is 2.47 bits per heavy atom. The number of carbonyl (C=O) groups excluding carboxylic acids is 5. The number of halogens is 2. The second-order valence-electron chi connectivity index (χ2n) is 13.7. The van der Waals surface area contributed by atoms with Gasteiger partial charge in [-0.25, -0.2) is 0 Å². The zero-order valence-electron chi connectivity index (χ0n) is 25.0. The van der Waals surface area contributed by atoms with E-state index in [-0.39, 0.29) is 47.5 Å². The van der Waals surface area contributed by atoms with Crippen LogP contribution in [0.4, 0.5) is 0 Å². The number of Topliss-reactive ketones (excluding diaryl/α,β-unsaturated/α-hetero) is 2. The molecule has 9 nitrogen and oxygen atoms in total. The fourth-order valence-electron chi connectivity index (χ4n) is 7.63. The Labute approximate surface area is 262 Å². The standard InChI is InChI=1S/C32H41Cl2N3O6/c1-31(2,3)36-30(42)27(39)22(14-18-10-13-35-29(18)41)32(11-5-12-32)28(40)26-21-7-4-6-19(21)16-37(26)25(38)17-43-24-9-8-20(33)15-23(24)34/h8-9,15,18-19,21-22,26H,4-7,10-14,16-17H2,1-3H3,(H,35,41)(H,36,42)/t18-,19-,21-,22-,26-/m0/s1. The Kier molecular flexibility index (Phi) is 9.15. The smallest absolute Gasteiger partial charge is 0.288 e. The van der Waals surface area contributed by atoms with Crippen LogP contribution in [0.3, 0.4) is 0 Å². The Balaban J connectivity index is 1.43. The van der Waals surface area contributed by atoms with Gasteiger partial charge in [-0.3, -0.25) is 24.0 Å². The Morgan fingerprint density at radius 2 is 1.86 bits per heavy atom. The van der Waals surface area contributed by atoms with Crippen LogP contribution in [0.15, 0.2) is 18.2 Å². The van der Waals surface area contributed by atoms with E-state index in [0.717, 1.165) is 25.7 Å². The van der Waals surface area contributed by atoms with Gasteiger partial charge in [-0.1, -0.05) is 36.0 Å². The largest absolute Gasteiger partial charge is 0.482 e. The van der Waals surface area contributed by atoms with E-state index in [1.165, 1.54) is 6.07 Å². The van der Waals surface area contributed by atoms with Crippen LogP contribution in [0.5, 0.6) is 5.75 Å². The lowest BCUT2D eigenvalue weighted by molar-refractivity contribution is -0.158.